The maximum absolute atomic E-state index is 12.9. The molecule has 2 heterocycles. The van der Waals surface area contributed by atoms with Crippen LogP contribution < -0.4 is 10.5 Å². The van der Waals surface area contributed by atoms with E-state index in [1.807, 2.05) is 6.92 Å². The number of anilines is 1. The van der Waals surface area contributed by atoms with Crippen LogP contribution >= 0.6 is 11.3 Å². The number of hydrogen-bond acceptors (Lipinski definition) is 6. The molecule has 0 unspecified atom stereocenters. The third kappa shape index (κ3) is 4.07. The fourth-order valence-corrected chi connectivity index (χ4v) is 5.79. The van der Waals surface area contributed by atoms with Gasteiger partial charge in [-0.2, -0.15) is 0 Å². The molecule has 4 rings (SSSR count). The van der Waals surface area contributed by atoms with Gasteiger partial charge in [-0.1, -0.05) is 0 Å². The van der Waals surface area contributed by atoms with Gasteiger partial charge in [-0.15, -0.1) is 15.7 Å². The number of nitrogens with zero attached hydrogens (tertiary/aromatic N) is 3. The van der Waals surface area contributed by atoms with Crippen LogP contribution in [0.3, 0.4) is 0 Å². The molecule has 0 saturated heterocycles. The van der Waals surface area contributed by atoms with Crippen LogP contribution in [0.4, 0.5) is 10.5 Å². The summed E-state index contributed by atoms with van der Waals surface area (Å²) in [6.45, 7) is 5.16. The van der Waals surface area contributed by atoms with E-state index in [4.69, 9.17) is 10.1 Å². The molecule has 29 heavy (non-hydrogen) atoms. The minimum Gasteiger partial charge on any atom is -0.385 e. The van der Waals surface area contributed by atoms with Gasteiger partial charge < -0.3 is 10.4 Å². The Hall–Kier alpha value is -1.88. The lowest BCUT2D eigenvalue weighted by Crippen LogP contribution is -2.19. The molecule has 2 aliphatic carbocycles. The first-order valence-corrected chi connectivity index (χ1v) is 12.0. The topological polar surface area (TPSA) is 131 Å². The van der Waals surface area contributed by atoms with Gasteiger partial charge in [-0.25, -0.2) is 19.1 Å². The minimum absolute atomic E-state index is 0.0170. The summed E-state index contributed by atoms with van der Waals surface area (Å²) in [6, 6.07) is -0.751. The molecule has 1 atom stereocenters. The Kier molecular flexibility index (Phi) is 5.01. The predicted octanol–water partition coefficient (Wildman–Crippen LogP) is 3.37. The van der Waals surface area contributed by atoms with Crippen molar-refractivity contribution in [3.8, 4) is 0 Å². The zero-order chi connectivity index (χ0) is 21.0. The van der Waals surface area contributed by atoms with Gasteiger partial charge in [0.2, 0.25) is 4.34 Å². The number of aliphatic hydroxyl groups is 1. The highest BCUT2D eigenvalue weighted by Gasteiger charge is 2.33. The summed E-state index contributed by atoms with van der Waals surface area (Å²) in [6.07, 6.45) is 6.32. The highest BCUT2D eigenvalue weighted by Crippen LogP contribution is 2.47. The number of nitrogens with two attached hydrogens (primary N) is 1. The third-order valence-electron chi connectivity index (χ3n) is 5.23. The first-order valence-electron chi connectivity index (χ1n) is 9.63. The molecule has 0 aliphatic heterocycles. The average Bonchev–Trinajstić information content (AvgIpc) is 3.10. The molecule has 10 heteroatoms. The van der Waals surface area contributed by atoms with Crippen LogP contribution in [0.15, 0.2) is 14.9 Å². The van der Waals surface area contributed by atoms with Crippen LogP contribution in [0, 0.1) is 6.92 Å². The summed E-state index contributed by atoms with van der Waals surface area (Å²) in [5.74, 6) is 0.402. The number of thiazole rings is 1. The molecule has 2 amide bonds. The Labute approximate surface area is 174 Å². The number of amides is 2. The van der Waals surface area contributed by atoms with Gasteiger partial charge in [0.1, 0.15) is 0 Å². The van der Waals surface area contributed by atoms with Gasteiger partial charge in [-0.05, 0) is 64.4 Å². The number of carbonyl (C=O) groups is 1. The van der Waals surface area contributed by atoms with E-state index in [1.54, 1.807) is 13.8 Å². The Morgan fingerprint density at radius 3 is 2.76 bits per heavy atom. The molecule has 1 fully saturated rings. The summed E-state index contributed by atoms with van der Waals surface area (Å²) in [4.78, 5) is 21.9. The van der Waals surface area contributed by atoms with Gasteiger partial charge in [0, 0.05) is 23.1 Å². The lowest BCUT2D eigenvalue weighted by atomic mass is 10.0. The van der Waals surface area contributed by atoms with Crippen molar-refractivity contribution in [1.29, 1.82) is 0 Å². The second kappa shape index (κ2) is 7.12. The number of rotatable bonds is 4. The minimum atomic E-state index is -3.52. The van der Waals surface area contributed by atoms with Crippen LogP contribution in [0.1, 0.15) is 66.4 Å². The standard InChI is InChI=1S/C19H25N5O3S2/c1-10-15(11-7-8-11)16(12-5-4-6-13(12)22-10)23-17(25)24-29(20,27)18-21-9-14(28-18)19(2,3)26/h9,11,26H,4-8H2,1-3H3,(H3,20,22,23,24,25,27)/t29-/m0/s1. The second-order valence-electron chi connectivity index (χ2n) is 8.18. The quantitative estimate of drug-likeness (QED) is 0.678. The number of hydrogen-bond donors (Lipinski definition) is 3. The zero-order valence-corrected chi connectivity index (χ0v) is 18.3. The summed E-state index contributed by atoms with van der Waals surface area (Å²) in [5.41, 5.74) is 3.71. The molecule has 2 aromatic heterocycles. The number of pyridine rings is 1. The van der Waals surface area contributed by atoms with Gasteiger partial charge >= 0.3 is 6.03 Å². The molecule has 8 nitrogen and oxygen atoms in total. The van der Waals surface area contributed by atoms with Crippen LogP contribution in [0.2, 0.25) is 0 Å². The third-order valence-corrected chi connectivity index (χ3v) is 8.34. The second-order valence-corrected chi connectivity index (χ2v) is 11.2. The van der Waals surface area contributed by atoms with Gasteiger partial charge in [0.15, 0.2) is 9.92 Å². The Morgan fingerprint density at radius 1 is 1.41 bits per heavy atom. The fraction of sp³-hybridized carbons (Fsp3) is 0.526. The Morgan fingerprint density at radius 2 is 2.14 bits per heavy atom. The Balaban J connectivity index is 1.67. The number of aromatic nitrogens is 2. The van der Waals surface area contributed by atoms with E-state index in [1.165, 1.54) is 6.20 Å². The van der Waals surface area contributed by atoms with Crippen molar-refractivity contribution in [2.75, 3.05) is 5.32 Å². The molecular formula is C19H25N5O3S2. The van der Waals surface area contributed by atoms with Gasteiger partial charge in [0.25, 0.3) is 0 Å². The lowest BCUT2D eigenvalue weighted by molar-refractivity contribution is 0.0823. The first-order chi connectivity index (χ1) is 13.6. The van der Waals surface area contributed by atoms with Crippen molar-refractivity contribution in [3.63, 3.8) is 0 Å². The smallest absolute Gasteiger partial charge is 0.354 e. The molecule has 2 aromatic rings. The summed E-state index contributed by atoms with van der Waals surface area (Å²) in [5, 5.41) is 18.8. The highest BCUT2D eigenvalue weighted by atomic mass is 32.2. The van der Waals surface area contributed by atoms with Gasteiger partial charge in [0.05, 0.1) is 16.2 Å². The summed E-state index contributed by atoms with van der Waals surface area (Å²) >= 11 is 0.990. The SMILES string of the molecule is Cc1nc2c(c(NC(=O)N=[S@](N)(=O)c3ncc(C(C)(C)O)s3)c1C1CC1)CCC2. The normalized spacial score (nSPS) is 18.2. The maximum atomic E-state index is 12.9. The number of urea groups is 1. The van der Waals surface area contributed by atoms with Crippen molar-refractivity contribution in [3.05, 3.63) is 33.6 Å². The van der Waals surface area contributed by atoms with E-state index in [9.17, 15) is 14.1 Å². The van der Waals surface area contributed by atoms with Crippen molar-refractivity contribution in [2.45, 2.75) is 68.7 Å². The molecule has 1 saturated carbocycles. The average molecular weight is 436 g/mol. The van der Waals surface area contributed by atoms with Crippen LogP contribution in [-0.2, 0) is 28.4 Å². The summed E-state index contributed by atoms with van der Waals surface area (Å²) < 4.78 is 16.6. The van der Waals surface area contributed by atoms with E-state index in [0.29, 0.717) is 10.8 Å². The molecule has 0 aromatic carbocycles. The highest BCUT2D eigenvalue weighted by molar-refractivity contribution is 7.93. The van der Waals surface area contributed by atoms with E-state index in [2.05, 4.69) is 14.7 Å². The monoisotopic (exact) mass is 435 g/mol. The largest absolute Gasteiger partial charge is 0.385 e. The Bertz CT molecular complexity index is 1110. The van der Waals surface area contributed by atoms with Gasteiger partial charge in [-0.3, -0.25) is 4.98 Å². The number of nitrogens with one attached hydrogen (secondary N) is 1. The molecule has 4 N–H and O–H groups in total. The van der Waals surface area contributed by atoms with E-state index >= 15 is 0 Å². The first kappa shape index (κ1) is 20.4. The molecule has 0 bridgehead atoms. The van der Waals surface area contributed by atoms with E-state index in [0.717, 1.165) is 71.6 Å². The van der Waals surface area contributed by atoms with E-state index < -0.39 is 21.5 Å². The van der Waals surface area contributed by atoms with Crippen molar-refractivity contribution < 1.29 is 14.1 Å². The van der Waals surface area contributed by atoms with Crippen LogP contribution in [-0.4, -0.2) is 25.3 Å². The number of aryl methyl sites for hydroxylation is 2. The molecule has 2 aliphatic rings. The lowest BCUT2D eigenvalue weighted by Gasteiger charge is -2.16. The number of carbonyl (C=O) groups excluding carboxylic acids is 1. The van der Waals surface area contributed by atoms with Crippen molar-refractivity contribution >= 4 is 33.0 Å². The van der Waals surface area contributed by atoms with Crippen molar-refractivity contribution in [2.24, 2.45) is 9.50 Å². The predicted molar refractivity (Wildman–Crippen MR) is 112 cm³/mol. The molecule has 0 spiro atoms. The maximum Gasteiger partial charge on any atom is 0.354 e. The molecular weight excluding hydrogens is 410 g/mol. The van der Waals surface area contributed by atoms with Crippen LogP contribution in [0.25, 0.3) is 0 Å². The van der Waals surface area contributed by atoms with E-state index in [-0.39, 0.29) is 4.34 Å². The zero-order valence-electron chi connectivity index (χ0n) is 16.7. The molecule has 156 valence electrons. The number of fused-ring (bicyclic) bond motifs is 1. The summed E-state index contributed by atoms with van der Waals surface area (Å²) in [7, 11) is -3.52. The van der Waals surface area contributed by atoms with Crippen molar-refractivity contribution in [1.82, 2.24) is 9.97 Å². The fourth-order valence-electron chi connectivity index (χ4n) is 3.71. The molecule has 0 radical (unpaired) electrons. The van der Waals surface area contributed by atoms with Crippen LogP contribution in [0.5, 0.6) is 0 Å².